The summed E-state index contributed by atoms with van der Waals surface area (Å²) in [5, 5.41) is 8.54. The Morgan fingerprint density at radius 1 is 1.53 bits per heavy atom. The molecule has 0 bridgehead atoms. The number of rotatable bonds is 4. The number of benzene rings is 1. The van der Waals surface area contributed by atoms with Crippen molar-refractivity contribution in [2.75, 3.05) is 13.6 Å². The first-order valence-corrected chi connectivity index (χ1v) is 4.64. The van der Waals surface area contributed by atoms with Crippen molar-refractivity contribution in [3.05, 3.63) is 35.1 Å². The summed E-state index contributed by atoms with van der Waals surface area (Å²) in [6.45, 7) is 2.08. The molecule has 0 saturated heterocycles. The molecule has 1 rings (SSSR count). The topological polar surface area (TPSA) is 40.5 Å². The third kappa shape index (κ3) is 3.67. The van der Waals surface area contributed by atoms with Crippen molar-refractivity contribution in [3.8, 4) is 0 Å². The van der Waals surface area contributed by atoms with Crippen LogP contribution in [0.15, 0.2) is 18.2 Å². The number of carboxylic acids is 1. The quantitative estimate of drug-likeness (QED) is 0.823. The molecule has 0 atom stereocenters. The molecule has 0 saturated carbocycles. The van der Waals surface area contributed by atoms with Crippen LogP contribution < -0.4 is 0 Å². The van der Waals surface area contributed by atoms with E-state index < -0.39 is 5.97 Å². The number of carbonyl (C=O) groups is 1. The molecule has 1 aromatic carbocycles. The highest BCUT2D eigenvalue weighted by Crippen LogP contribution is 2.10. The monoisotopic (exact) mass is 211 g/mol. The van der Waals surface area contributed by atoms with Gasteiger partial charge in [-0.15, -0.1) is 0 Å². The van der Waals surface area contributed by atoms with Gasteiger partial charge in [0.05, 0.1) is 6.54 Å². The lowest BCUT2D eigenvalue weighted by atomic mass is 10.1. The van der Waals surface area contributed by atoms with Crippen LogP contribution in [0.2, 0.25) is 0 Å². The van der Waals surface area contributed by atoms with Crippen molar-refractivity contribution in [2.45, 2.75) is 13.5 Å². The number of aryl methyl sites for hydroxylation is 1. The Labute approximate surface area is 88.1 Å². The second-order valence-electron chi connectivity index (χ2n) is 3.65. The Hall–Kier alpha value is -1.42. The molecule has 1 aromatic rings. The first kappa shape index (κ1) is 11.7. The molecule has 0 aliphatic heterocycles. The van der Waals surface area contributed by atoms with E-state index in [1.165, 1.54) is 6.07 Å². The van der Waals surface area contributed by atoms with Gasteiger partial charge in [-0.1, -0.05) is 12.1 Å². The molecule has 0 fully saturated rings. The van der Waals surface area contributed by atoms with E-state index in [-0.39, 0.29) is 12.4 Å². The number of likely N-dealkylation sites (N-methyl/N-ethyl adjacent to an activating group) is 1. The van der Waals surface area contributed by atoms with E-state index in [1.807, 2.05) is 0 Å². The molecule has 0 radical (unpaired) electrons. The second-order valence-corrected chi connectivity index (χ2v) is 3.65. The van der Waals surface area contributed by atoms with E-state index in [0.29, 0.717) is 12.1 Å². The lowest BCUT2D eigenvalue weighted by Gasteiger charge is -2.14. The van der Waals surface area contributed by atoms with Crippen molar-refractivity contribution in [2.24, 2.45) is 0 Å². The van der Waals surface area contributed by atoms with E-state index in [0.717, 1.165) is 5.56 Å². The van der Waals surface area contributed by atoms with Gasteiger partial charge in [-0.05, 0) is 31.2 Å². The maximum Gasteiger partial charge on any atom is 0.317 e. The minimum Gasteiger partial charge on any atom is -0.480 e. The van der Waals surface area contributed by atoms with Gasteiger partial charge in [0.15, 0.2) is 0 Å². The number of halogens is 1. The van der Waals surface area contributed by atoms with Crippen molar-refractivity contribution in [1.82, 2.24) is 4.90 Å². The predicted molar refractivity (Wildman–Crippen MR) is 55.1 cm³/mol. The molecule has 0 aromatic heterocycles. The van der Waals surface area contributed by atoms with E-state index in [9.17, 15) is 9.18 Å². The highest BCUT2D eigenvalue weighted by molar-refractivity contribution is 5.69. The number of aliphatic carboxylic acids is 1. The van der Waals surface area contributed by atoms with Gasteiger partial charge >= 0.3 is 5.97 Å². The normalized spacial score (nSPS) is 10.7. The summed E-state index contributed by atoms with van der Waals surface area (Å²) in [4.78, 5) is 12.0. The summed E-state index contributed by atoms with van der Waals surface area (Å²) in [6, 6.07) is 4.93. The molecule has 0 aliphatic carbocycles. The van der Waals surface area contributed by atoms with Crippen LogP contribution in [-0.2, 0) is 11.3 Å². The molecular formula is C11H14FNO2. The highest BCUT2D eigenvalue weighted by atomic mass is 19.1. The third-order valence-electron chi connectivity index (χ3n) is 2.09. The summed E-state index contributed by atoms with van der Waals surface area (Å²) in [6.07, 6.45) is 0. The van der Waals surface area contributed by atoms with Crippen molar-refractivity contribution in [1.29, 1.82) is 0 Å². The standard InChI is InChI=1S/C11H14FNO2/c1-8-3-4-9(5-10(8)12)6-13(2)7-11(14)15/h3-5H,6-7H2,1-2H3,(H,14,15). The van der Waals surface area contributed by atoms with E-state index in [2.05, 4.69) is 0 Å². The van der Waals surface area contributed by atoms with Gasteiger partial charge in [0.25, 0.3) is 0 Å². The zero-order chi connectivity index (χ0) is 11.4. The molecule has 82 valence electrons. The van der Waals surface area contributed by atoms with E-state index in [1.54, 1.807) is 31.0 Å². The molecule has 0 spiro atoms. The number of hydrogen-bond donors (Lipinski definition) is 1. The molecule has 0 heterocycles. The molecule has 4 heteroatoms. The van der Waals surface area contributed by atoms with Crippen LogP contribution >= 0.6 is 0 Å². The van der Waals surface area contributed by atoms with Crippen LogP contribution in [0.3, 0.4) is 0 Å². The summed E-state index contributed by atoms with van der Waals surface area (Å²) in [7, 11) is 1.69. The van der Waals surface area contributed by atoms with Gasteiger partial charge in [-0.3, -0.25) is 9.69 Å². The van der Waals surface area contributed by atoms with E-state index in [4.69, 9.17) is 5.11 Å². The maximum absolute atomic E-state index is 13.2. The van der Waals surface area contributed by atoms with Crippen LogP contribution in [0, 0.1) is 12.7 Å². The van der Waals surface area contributed by atoms with Gasteiger partial charge in [0, 0.05) is 6.54 Å². The van der Waals surface area contributed by atoms with Crippen LogP contribution in [0.1, 0.15) is 11.1 Å². The zero-order valence-electron chi connectivity index (χ0n) is 8.83. The van der Waals surface area contributed by atoms with Crippen molar-refractivity contribution >= 4 is 5.97 Å². The van der Waals surface area contributed by atoms with Crippen LogP contribution in [0.5, 0.6) is 0 Å². The van der Waals surface area contributed by atoms with Crippen molar-refractivity contribution < 1.29 is 14.3 Å². The fourth-order valence-corrected chi connectivity index (χ4v) is 1.33. The fraction of sp³-hybridized carbons (Fsp3) is 0.364. The minimum absolute atomic E-state index is 0.0461. The molecule has 0 amide bonds. The average molecular weight is 211 g/mol. The van der Waals surface area contributed by atoms with Crippen LogP contribution in [-0.4, -0.2) is 29.6 Å². The van der Waals surface area contributed by atoms with Gasteiger partial charge in [0.1, 0.15) is 5.82 Å². The molecule has 3 nitrogen and oxygen atoms in total. The SMILES string of the molecule is Cc1ccc(CN(C)CC(=O)O)cc1F. The van der Waals surface area contributed by atoms with Gasteiger partial charge in [-0.2, -0.15) is 0 Å². The lowest BCUT2D eigenvalue weighted by Crippen LogP contribution is -2.25. The average Bonchev–Trinajstić information content (AvgIpc) is 2.10. The number of hydrogen-bond acceptors (Lipinski definition) is 2. The van der Waals surface area contributed by atoms with Crippen LogP contribution in [0.4, 0.5) is 4.39 Å². The summed E-state index contributed by atoms with van der Waals surface area (Å²) < 4.78 is 13.2. The highest BCUT2D eigenvalue weighted by Gasteiger charge is 2.06. The van der Waals surface area contributed by atoms with Gasteiger partial charge in [-0.25, -0.2) is 4.39 Å². The smallest absolute Gasteiger partial charge is 0.317 e. The number of carboxylic acid groups (broad SMARTS) is 1. The number of nitrogens with zero attached hydrogens (tertiary/aromatic N) is 1. The minimum atomic E-state index is -0.884. The maximum atomic E-state index is 13.2. The van der Waals surface area contributed by atoms with E-state index >= 15 is 0 Å². The lowest BCUT2D eigenvalue weighted by molar-refractivity contribution is -0.138. The third-order valence-corrected chi connectivity index (χ3v) is 2.09. The zero-order valence-corrected chi connectivity index (χ0v) is 8.83. The summed E-state index contributed by atoms with van der Waals surface area (Å²) in [5.41, 5.74) is 1.38. The largest absolute Gasteiger partial charge is 0.480 e. The first-order chi connectivity index (χ1) is 6.99. The molecular weight excluding hydrogens is 197 g/mol. The Morgan fingerprint density at radius 2 is 2.20 bits per heavy atom. The van der Waals surface area contributed by atoms with Gasteiger partial charge < -0.3 is 5.11 Å². The Balaban J connectivity index is 2.64. The molecule has 1 N–H and O–H groups in total. The molecule has 0 aliphatic rings. The predicted octanol–water partition coefficient (Wildman–Crippen LogP) is 1.65. The van der Waals surface area contributed by atoms with Crippen molar-refractivity contribution in [3.63, 3.8) is 0 Å². The summed E-state index contributed by atoms with van der Waals surface area (Å²) >= 11 is 0. The first-order valence-electron chi connectivity index (χ1n) is 4.64. The van der Waals surface area contributed by atoms with Gasteiger partial charge in [0.2, 0.25) is 0 Å². The van der Waals surface area contributed by atoms with Crippen LogP contribution in [0.25, 0.3) is 0 Å². The molecule has 15 heavy (non-hydrogen) atoms. The Bertz CT molecular complexity index is 366. The second kappa shape index (κ2) is 4.89. The Morgan fingerprint density at radius 3 is 2.73 bits per heavy atom. The molecule has 0 unspecified atom stereocenters. The fourth-order valence-electron chi connectivity index (χ4n) is 1.33. The summed E-state index contributed by atoms with van der Waals surface area (Å²) in [5.74, 6) is -1.14. The Kier molecular flexibility index (Phi) is 3.80.